The molecule has 0 spiro atoms. The number of likely N-dealkylation sites (N-methyl/N-ethyl adjacent to an activating group) is 1. The van der Waals surface area contributed by atoms with E-state index in [1.807, 2.05) is 11.9 Å². The highest BCUT2D eigenvalue weighted by Gasteiger charge is 2.31. The molecule has 0 bridgehead atoms. The van der Waals surface area contributed by atoms with Crippen LogP contribution in [-0.4, -0.2) is 84.6 Å². The van der Waals surface area contributed by atoms with E-state index in [0.717, 1.165) is 19.4 Å². The summed E-state index contributed by atoms with van der Waals surface area (Å²) in [6.07, 6.45) is 6.83. The molecule has 5 rings (SSSR count). The average Bonchev–Trinajstić information content (AvgIpc) is 3.79. The third-order valence-electron chi connectivity index (χ3n) is 7.13. The maximum atomic E-state index is 13.7. The van der Waals surface area contributed by atoms with E-state index in [0.29, 0.717) is 66.0 Å². The highest BCUT2D eigenvalue weighted by molar-refractivity contribution is 6.31. The number of esters is 1. The number of nitrogens with zero attached hydrogens (tertiary/aromatic N) is 4. The van der Waals surface area contributed by atoms with Gasteiger partial charge in [0.2, 0.25) is 5.91 Å². The van der Waals surface area contributed by atoms with E-state index >= 15 is 0 Å². The Labute approximate surface area is 242 Å². The van der Waals surface area contributed by atoms with Crippen LogP contribution in [0.3, 0.4) is 0 Å². The molecule has 1 aliphatic heterocycles. The summed E-state index contributed by atoms with van der Waals surface area (Å²) in [6.45, 7) is 3.03. The fraction of sp³-hybridized carbons (Fsp3) is 0.379. The largest absolute Gasteiger partial charge is 0.491 e. The first-order valence-electron chi connectivity index (χ1n) is 13.4. The Morgan fingerprint density at radius 2 is 2.02 bits per heavy atom. The molecule has 2 aromatic carbocycles. The molecule has 12 heteroatoms. The standard InChI is InChI=1S/C29H32ClFN6O4/c1-36-10-11-37(25(15-36)29(39)40-2)9-3-4-27(38)35-24-13-20-23(14-26(24)41-16-18-5-6-18)32-17-33-28(20)34-19-7-8-22(31)21(30)12-19/h3-4,7-8,12-14,17-18,25H,5-6,9-11,15-16H2,1-2H3,(H,35,38)(H,32,33,34). The third kappa shape index (κ3) is 7.29. The molecule has 216 valence electrons. The molecule has 2 aliphatic rings. The summed E-state index contributed by atoms with van der Waals surface area (Å²) in [6, 6.07) is 7.43. The van der Waals surface area contributed by atoms with Gasteiger partial charge in [-0.25, -0.2) is 14.4 Å². The fourth-order valence-corrected chi connectivity index (χ4v) is 4.79. The Kier molecular flexibility index (Phi) is 8.96. The number of benzene rings is 2. The molecule has 2 heterocycles. The lowest BCUT2D eigenvalue weighted by Gasteiger charge is -2.37. The number of hydrogen-bond donors (Lipinski definition) is 2. The predicted molar refractivity (Wildman–Crippen MR) is 155 cm³/mol. The van der Waals surface area contributed by atoms with Crippen LogP contribution in [0.4, 0.5) is 21.6 Å². The number of carbonyl (C=O) groups excluding carboxylic acids is 2. The lowest BCUT2D eigenvalue weighted by Crippen LogP contribution is -2.55. The Hall–Kier alpha value is -3.80. The third-order valence-corrected chi connectivity index (χ3v) is 7.41. The lowest BCUT2D eigenvalue weighted by molar-refractivity contribution is -0.149. The number of rotatable bonds is 10. The van der Waals surface area contributed by atoms with E-state index in [2.05, 4.69) is 25.5 Å². The smallest absolute Gasteiger partial charge is 0.324 e. The van der Waals surface area contributed by atoms with Crippen molar-refractivity contribution >= 4 is 51.6 Å². The van der Waals surface area contributed by atoms with Crippen LogP contribution in [0.1, 0.15) is 12.8 Å². The number of carbonyl (C=O) groups is 2. The molecular weight excluding hydrogens is 551 g/mol. The molecule has 3 aromatic rings. The monoisotopic (exact) mass is 582 g/mol. The van der Waals surface area contributed by atoms with Gasteiger partial charge in [0.15, 0.2) is 0 Å². The number of piperazine rings is 1. The van der Waals surface area contributed by atoms with Crippen molar-refractivity contribution in [1.29, 1.82) is 0 Å². The molecule has 10 nitrogen and oxygen atoms in total. The summed E-state index contributed by atoms with van der Waals surface area (Å²) < 4.78 is 24.7. The topological polar surface area (TPSA) is 109 Å². The van der Waals surface area contributed by atoms with Crippen LogP contribution in [0, 0.1) is 11.7 Å². The van der Waals surface area contributed by atoms with Crippen LogP contribution in [-0.2, 0) is 14.3 Å². The van der Waals surface area contributed by atoms with Crippen molar-refractivity contribution in [3.05, 3.63) is 59.7 Å². The van der Waals surface area contributed by atoms with Gasteiger partial charge in [-0.1, -0.05) is 17.7 Å². The Morgan fingerprint density at radius 3 is 2.78 bits per heavy atom. The van der Waals surface area contributed by atoms with E-state index in [1.54, 1.807) is 24.3 Å². The molecule has 1 saturated carbocycles. The van der Waals surface area contributed by atoms with Gasteiger partial charge >= 0.3 is 5.97 Å². The second kappa shape index (κ2) is 12.8. The zero-order chi connectivity index (χ0) is 28.9. The number of aromatic nitrogens is 2. The van der Waals surface area contributed by atoms with Gasteiger partial charge < -0.3 is 25.0 Å². The molecule has 1 unspecified atom stereocenters. The molecule has 1 atom stereocenters. The van der Waals surface area contributed by atoms with Crippen LogP contribution in [0.2, 0.25) is 5.02 Å². The minimum atomic E-state index is -0.520. The molecule has 1 aromatic heterocycles. The van der Waals surface area contributed by atoms with Crippen LogP contribution in [0.5, 0.6) is 5.75 Å². The van der Waals surface area contributed by atoms with Crippen molar-refractivity contribution in [2.24, 2.45) is 5.92 Å². The highest BCUT2D eigenvalue weighted by Crippen LogP contribution is 2.36. The van der Waals surface area contributed by atoms with Gasteiger partial charge in [0, 0.05) is 49.4 Å². The number of fused-ring (bicyclic) bond motifs is 1. The van der Waals surface area contributed by atoms with Crippen molar-refractivity contribution in [1.82, 2.24) is 19.8 Å². The summed E-state index contributed by atoms with van der Waals surface area (Å²) in [4.78, 5) is 38.0. The number of ether oxygens (including phenoxy) is 2. The number of halogens is 2. The first kappa shape index (κ1) is 28.7. The van der Waals surface area contributed by atoms with Crippen molar-refractivity contribution in [2.75, 3.05) is 57.6 Å². The summed E-state index contributed by atoms with van der Waals surface area (Å²) in [7, 11) is 3.34. The molecule has 41 heavy (non-hydrogen) atoms. The predicted octanol–water partition coefficient (Wildman–Crippen LogP) is 4.24. The molecule has 2 N–H and O–H groups in total. The summed E-state index contributed by atoms with van der Waals surface area (Å²) in [5.74, 6) is 0.311. The lowest BCUT2D eigenvalue weighted by atomic mass is 10.1. The van der Waals surface area contributed by atoms with Gasteiger partial charge in [-0.2, -0.15) is 0 Å². The van der Waals surface area contributed by atoms with E-state index < -0.39 is 11.9 Å². The zero-order valence-electron chi connectivity index (χ0n) is 22.9. The maximum absolute atomic E-state index is 13.7. The SMILES string of the molecule is COC(=O)C1CN(C)CCN1CC=CC(=O)Nc1cc2c(Nc3ccc(F)c(Cl)c3)ncnc2cc1OCC1CC1. The van der Waals surface area contributed by atoms with Crippen molar-refractivity contribution < 1.29 is 23.5 Å². The van der Waals surface area contributed by atoms with Gasteiger partial charge in [-0.3, -0.25) is 14.5 Å². The van der Waals surface area contributed by atoms with Crippen LogP contribution in [0.15, 0.2) is 48.8 Å². The van der Waals surface area contributed by atoms with E-state index in [9.17, 15) is 14.0 Å². The summed E-state index contributed by atoms with van der Waals surface area (Å²) in [5.41, 5.74) is 1.63. The zero-order valence-corrected chi connectivity index (χ0v) is 23.7. The van der Waals surface area contributed by atoms with Gasteiger partial charge in [-0.05, 0) is 50.1 Å². The number of methoxy groups -OCH3 is 1. The van der Waals surface area contributed by atoms with Gasteiger partial charge in [0.25, 0.3) is 0 Å². The first-order valence-corrected chi connectivity index (χ1v) is 13.8. The first-order chi connectivity index (χ1) is 19.8. The maximum Gasteiger partial charge on any atom is 0.324 e. The Balaban J connectivity index is 1.35. The molecule has 1 amide bonds. The minimum absolute atomic E-state index is 0.0154. The Bertz CT molecular complexity index is 1470. The second-order valence-corrected chi connectivity index (χ2v) is 10.7. The van der Waals surface area contributed by atoms with E-state index in [4.69, 9.17) is 21.1 Å². The number of anilines is 3. The summed E-state index contributed by atoms with van der Waals surface area (Å²) >= 11 is 5.95. The minimum Gasteiger partial charge on any atom is -0.491 e. The quantitative estimate of drug-likeness (QED) is 0.268. The number of nitrogens with one attached hydrogen (secondary N) is 2. The summed E-state index contributed by atoms with van der Waals surface area (Å²) in [5, 5.41) is 6.69. The molecule has 2 fully saturated rings. The second-order valence-electron chi connectivity index (χ2n) is 10.3. The number of amides is 1. The normalized spacial score (nSPS) is 18.0. The van der Waals surface area contributed by atoms with E-state index in [-0.39, 0.29) is 16.9 Å². The fourth-order valence-electron chi connectivity index (χ4n) is 4.61. The van der Waals surface area contributed by atoms with Crippen molar-refractivity contribution in [2.45, 2.75) is 18.9 Å². The number of hydrogen-bond acceptors (Lipinski definition) is 9. The van der Waals surface area contributed by atoms with Crippen molar-refractivity contribution in [3.8, 4) is 5.75 Å². The van der Waals surface area contributed by atoms with E-state index in [1.165, 1.54) is 31.6 Å². The van der Waals surface area contributed by atoms with Crippen LogP contribution < -0.4 is 15.4 Å². The van der Waals surface area contributed by atoms with Gasteiger partial charge in [0.05, 0.1) is 29.9 Å². The molecular formula is C29H32ClFN6O4. The van der Waals surface area contributed by atoms with Crippen molar-refractivity contribution in [3.63, 3.8) is 0 Å². The highest BCUT2D eigenvalue weighted by atomic mass is 35.5. The van der Waals surface area contributed by atoms with Crippen LogP contribution in [0.25, 0.3) is 10.9 Å². The Morgan fingerprint density at radius 1 is 1.20 bits per heavy atom. The van der Waals surface area contributed by atoms with Gasteiger partial charge in [-0.15, -0.1) is 0 Å². The van der Waals surface area contributed by atoms with Crippen LogP contribution >= 0.6 is 11.6 Å². The molecule has 1 aliphatic carbocycles. The molecule has 1 saturated heterocycles. The van der Waals surface area contributed by atoms with Gasteiger partial charge in [0.1, 0.15) is 29.8 Å². The average molecular weight is 583 g/mol. The molecule has 0 radical (unpaired) electrons.